The number of thioether (sulfide) groups is 1. The summed E-state index contributed by atoms with van der Waals surface area (Å²) in [6.45, 7) is 2.17. The van der Waals surface area contributed by atoms with Gasteiger partial charge in [0.25, 0.3) is 0 Å². The maximum atomic E-state index is 13.0. The molecule has 4 heterocycles. The Morgan fingerprint density at radius 1 is 1.30 bits per heavy atom. The first-order valence-corrected chi connectivity index (χ1v) is 13.9. The van der Waals surface area contributed by atoms with E-state index < -0.39 is 5.97 Å². The van der Waals surface area contributed by atoms with Gasteiger partial charge in [0.15, 0.2) is 11.0 Å². The van der Waals surface area contributed by atoms with Crippen LogP contribution >= 0.6 is 34.7 Å². The van der Waals surface area contributed by atoms with E-state index in [9.17, 15) is 9.59 Å². The molecule has 5 rings (SSSR count). The van der Waals surface area contributed by atoms with Crippen molar-refractivity contribution >= 4 is 51.6 Å². The summed E-state index contributed by atoms with van der Waals surface area (Å²) in [6.07, 6.45) is 5.41. The van der Waals surface area contributed by atoms with Gasteiger partial charge >= 0.3 is 5.97 Å². The van der Waals surface area contributed by atoms with Gasteiger partial charge in [0.05, 0.1) is 42.0 Å². The smallest absolute Gasteiger partial charge is 0.341 e. The van der Waals surface area contributed by atoms with E-state index in [0.29, 0.717) is 50.3 Å². The van der Waals surface area contributed by atoms with Crippen LogP contribution in [0.4, 0.5) is 5.00 Å². The number of carbonyl (C=O) groups excluding carboxylic acids is 2. The highest BCUT2D eigenvalue weighted by Crippen LogP contribution is 2.39. The summed E-state index contributed by atoms with van der Waals surface area (Å²) in [6, 6.07) is 3.66. The molecule has 13 heteroatoms. The van der Waals surface area contributed by atoms with Crippen molar-refractivity contribution in [2.24, 2.45) is 7.05 Å². The number of halogens is 1. The summed E-state index contributed by atoms with van der Waals surface area (Å²) in [5.74, 6) is 0.615. The second-order valence-corrected chi connectivity index (χ2v) is 11.0. The predicted molar refractivity (Wildman–Crippen MR) is 141 cm³/mol. The first-order chi connectivity index (χ1) is 17.9. The Balaban J connectivity index is 1.38. The normalized spacial score (nSPS) is 13.0. The van der Waals surface area contributed by atoms with Crippen molar-refractivity contribution in [2.75, 3.05) is 18.2 Å². The number of rotatable bonds is 8. The fourth-order valence-corrected chi connectivity index (χ4v) is 6.69. The van der Waals surface area contributed by atoms with Gasteiger partial charge in [-0.15, -0.1) is 21.5 Å². The number of furan rings is 1. The Kier molecular flexibility index (Phi) is 7.40. The molecule has 1 aliphatic carbocycles. The number of hydrogen-bond donors (Lipinski definition) is 1. The number of methoxy groups -OCH3 is 1. The molecule has 37 heavy (non-hydrogen) atoms. The number of thiophene rings is 1. The molecule has 0 saturated heterocycles. The second-order valence-electron chi connectivity index (χ2n) is 8.59. The van der Waals surface area contributed by atoms with Crippen molar-refractivity contribution in [1.82, 2.24) is 24.5 Å². The predicted octanol–water partition coefficient (Wildman–Crippen LogP) is 4.74. The zero-order chi connectivity index (χ0) is 26.1. The largest absolute Gasteiger partial charge is 0.467 e. The SMILES string of the molecule is COC(=O)c1c(NC(=O)CSc2nnc(-c3c(Cl)c(C)nn3C)n2Cc2ccco2)sc2c1CCCC2. The first-order valence-electron chi connectivity index (χ1n) is 11.7. The molecule has 0 spiro atoms. The van der Waals surface area contributed by atoms with E-state index in [-0.39, 0.29) is 11.7 Å². The summed E-state index contributed by atoms with van der Waals surface area (Å²) in [7, 11) is 3.15. The Morgan fingerprint density at radius 2 is 2.11 bits per heavy atom. The van der Waals surface area contributed by atoms with E-state index in [1.807, 2.05) is 17.6 Å². The van der Waals surface area contributed by atoms with Crippen molar-refractivity contribution in [1.29, 1.82) is 0 Å². The Labute approximate surface area is 226 Å². The quantitative estimate of drug-likeness (QED) is 0.242. The molecule has 0 fully saturated rings. The van der Waals surface area contributed by atoms with Crippen LogP contribution in [0.2, 0.25) is 5.02 Å². The van der Waals surface area contributed by atoms with Crippen molar-refractivity contribution in [3.05, 3.63) is 50.9 Å². The van der Waals surface area contributed by atoms with Crippen molar-refractivity contribution in [2.45, 2.75) is 44.3 Å². The van der Waals surface area contributed by atoms with Crippen LogP contribution in [-0.4, -0.2) is 49.3 Å². The number of fused-ring (bicyclic) bond motifs is 1. The van der Waals surface area contributed by atoms with Crippen LogP contribution in [0, 0.1) is 6.92 Å². The number of aryl methyl sites for hydroxylation is 3. The van der Waals surface area contributed by atoms with Crippen LogP contribution in [0.3, 0.4) is 0 Å². The van der Waals surface area contributed by atoms with E-state index in [0.717, 1.165) is 36.1 Å². The molecule has 0 atom stereocenters. The van der Waals surface area contributed by atoms with Gasteiger partial charge in [-0.2, -0.15) is 5.10 Å². The fourth-order valence-electron chi connectivity index (χ4n) is 4.41. The summed E-state index contributed by atoms with van der Waals surface area (Å²) in [5.41, 5.74) is 2.78. The van der Waals surface area contributed by atoms with Gasteiger partial charge in [0.1, 0.15) is 16.5 Å². The highest BCUT2D eigenvalue weighted by atomic mass is 35.5. The Bertz CT molecular complexity index is 1460. The molecule has 4 aromatic rings. The molecular formula is C24H25ClN6O4S2. The summed E-state index contributed by atoms with van der Waals surface area (Å²) >= 11 is 9.22. The van der Waals surface area contributed by atoms with Gasteiger partial charge in [0, 0.05) is 11.9 Å². The number of amides is 1. The Hall–Kier alpha value is -3.09. The second kappa shape index (κ2) is 10.7. The molecule has 0 bridgehead atoms. The van der Waals surface area contributed by atoms with E-state index in [2.05, 4.69) is 20.6 Å². The molecular weight excluding hydrogens is 536 g/mol. The third kappa shape index (κ3) is 5.05. The summed E-state index contributed by atoms with van der Waals surface area (Å²) in [5, 5.41) is 17.6. The first kappa shape index (κ1) is 25.6. The van der Waals surface area contributed by atoms with Crippen LogP contribution in [0.5, 0.6) is 0 Å². The maximum Gasteiger partial charge on any atom is 0.341 e. The maximum absolute atomic E-state index is 13.0. The molecule has 1 aliphatic rings. The third-order valence-corrected chi connectivity index (χ3v) is 8.74. The van der Waals surface area contributed by atoms with Gasteiger partial charge in [-0.3, -0.25) is 14.0 Å². The number of nitrogens with one attached hydrogen (secondary N) is 1. The minimum Gasteiger partial charge on any atom is -0.467 e. The molecule has 10 nitrogen and oxygen atoms in total. The molecule has 1 amide bonds. The van der Waals surface area contributed by atoms with Gasteiger partial charge in [-0.25, -0.2) is 4.79 Å². The van der Waals surface area contributed by atoms with Crippen LogP contribution in [-0.2, 0) is 36.0 Å². The molecule has 0 unspecified atom stereocenters. The molecule has 0 radical (unpaired) electrons. The van der Waals surface area contributed by atoms with Crippen LogP contribution in [0.15, 0.2) is 28.0 Å². The average molecular weight is 561 g/mol. The van der Waals surface area contributed by atoms with Gasteiger partial charge < -0.3 is 14.5 Å². The van der Waals surface area contributed by atoms with E-state index in [1.165, 1.54) is 30.2 Å². The lowest BCUT2D eigenvalue weighted by Crippen LogP contribution is -2.17. The standard InChI is InChI=1S/C24H25ClN6O4S2/c1-13-19(25)20(30(2)29-13)21-27-28-24(31(21)11-14-7-6-10-35-14)36-12-17(32)26-22-18(23(33)34-3)15-8-4-5-9-16(15)37-22/h6-7,10H,4-5,8-9,11-12H2,1-3H3,(H,26,32). The molecule has 0 aromatic carbocycles. The number of nitrogens with zero attached hydrogens (tertiary/aromatic N) is 5. The van der Waals surface area contributed by atoms with Crippen molar-refractivity contribution in [3.8, 4) is 11.5 Å². The zero-order valence-electron chi connectivity index (χ0n) is 20.5. The van der Waals surface area contributed by atoms with E-state index >= 15 is 0 Å². The van der Waals surface area contributed by atoms with Crippen LogP contribution < -0.4 is 5.32 Å². The topological polar surface area (TPSA) is 117 Å². The summed E-state index contributed by atoms with van der Waals surface area (Å²) < 4.78 is 14.1. The average Bonchev–Trinajstić information content (AvgIpc) is 3.65. The lowest BCUT2D eigenvalue weighted by atomic mass is 9.95. The van der Waals surface area contributed by atoms with Crippen molar-refractivity contribution < 1.29 is 18.7 Å². The number of anilines is 1. The van der Waals surface area contributed by atoms with Gasteiger partial charge in [-0.05, 0) is 50.3 Å². The summed E-state index contributed by atoms with van der Waals surface area (Å²) in [4.78, 5) is 26.6. The van der Waals surface area contributed by atoms with Crippen LogP contribution in [0.1, 0.15) is 45.1 Å². The zero-order valence-corrected chi connectivity index (χ0v) is 22.9. The number of ether oxygens (including phenoxy) is 1. The number of aromatic nitrogens is 5. The number of hydrogen-bond acceptors (Lipinski definition) is 9. The van der Waals surface area contributed by atoms with Crippen molar-refractivity contribution in [3.63, 3.8) is 0 Å². The number of carbonyl (C=O) groups is 2. The Morgan fingerprint density at radius 3 is 2.81 bits per heavy atom. The van der Waals surface area contributed by atoms with E-state index in [4.69, 9.17) is 20.8 Å². The molecule has 4 aromatic heterocycles. The highest BCUT2D eigenvalue weighted by molar-refractivity contribution is 7.99. The molecule has 1 N–H and O–H groups in total. The van der Waals surface area contributed by atoms with E-state index in [1.54, 1.807) is 24.1 Å². The molecule has 194 valence electrons. The van der Waals surface area contributed by atoms with Crippen LogP contribution in [0.25, 0.3) is 11.5 Å². The third-order valence-electron chi connectivity index (χ3n) is 6.12. The fraction of sp³-hybridized carbons (Fsp3) is 0.375. The lowest BCUT2D eigenvalue weighted by molar-refractivity contribution is -0.113. The van der Waals surface area contributed by atoms with Gasteiger partial charge in [0.2, 0.25) is 5.91 Å². The monoisotopic (exact) mass is 560 g/mol. The minimum absolute atomic E-state index is 0.0671. The molecule has 0 saturated carbocycles. The highest BCUT2D eigenvalue weighted by Gasteiger charge is 2.27. The minimum atomic E-state index is -0.423. The molecule has 0 aliphatic heterocycles. The van der Waals surface area contributed by atoms with Gasteiger partial charge in [-0.1, -0.05) is 23.4 Å². The number of esters is 1. The lowest BCUT2D eigenvalue weighted by Gasteiger charge is -2.12.